The Labute approximate surface area is 297 Å². The van der Waals surface area contributed by atoms with Crippen molar-refractivity contribution in [1.29, 1.82) is 0 Å². The molecule has 1 amide bonds. The summed E-state index contributed by atoms with van der Waals surface area (Å²) in [5.41, 5.74) is 4.52. The number of fused-ring (bicyclic) bond motifs is 6. The molecule has 0 spiro atoms. The number of sulfonamides is 1. The number of hydrogen-bond acceptors (Lipinski definition) is 9. The fraction of sp³-hybridized carbons (Fsp3) is 0.294. The second-order valence-corrected chi connectivity index (χ2v) is 14.1. The van der Waals surface area contributed by atoms with Crippen LogP contribution < -0.4 is 20.7 Å². The first-order valence-corrected chi connectivity index (χ1v) is 17.6. The van der Waals surface area contributed by atoms with E-state index in [1.54, 1.807) is 24.4 Å². The van der Waals surface area contributed by atoms with Crippen molar-refractivity contribution in [2.45, 2.75) is 43.2 Å². The fourth-order valence-corrected chi connectivity index (χ4v) is 7.24. The van der Waals surface area contributed by atoms with Gasteiger partial charge in [0.1, 0.15) is 10.8 Å². The maximum atomic E-state index is 13.2. The number of halogens is 4. The van der Waals surface area contributed by atoms with Crippen LogP contribution in [0.3, 0.4) is 0 Å². The van der Waals surface area contributed by atoms with Gasteiger partial charge in [-0.15, -0.1) is 0 Å². The Bertz CT molecular complexity index is 2010. The maximum Gasteiger partial charge on any atom is 0.490 e. The smallest absolute Gasteiger partial charge is 0.490 e. The van der Waals surface area contributed by atoms with Crippen LogP contribution in [0.25, 0.3) is 0 Å². The van der Waals surface area contributed by atoms with Crippen molar-refractivity contribution in [3.63, 3.8) is 0 Å². The van der Waals surface area contributed by atoms with E-state index in [2.05, 4.69) is 38.1 Å². The lowest BCUT2D eigenvalue weighted by molar-refractivity contribution is -0.192. The molecule has 3 heterocycles. The van der Waals surface area contributed by atoms with Gasteiger partial charge in [0.2, 0.25) is 21.9 Å². The van der Waals surface area contributed by atoms with E-state index >= 15 is 0 Å². The Morgan fingerprint density at radius 1 is 1.02 bits per heavy atom. The highest BCUT2D eigenvalue weighted by molar-refractivity contribution is 7.89. The van der Waals surface area contributed by atoms with Gasteiger partial charge in [0.05, 0.1) is 18.2 Å². The second-order valence-electron chi connectivity index (χ2n) is 11.8. The molecule has 17 heteroatoms. The van der Waals surface area contributed by atoms with Crippen molar-refractivity contribution in [2.75, 3.05) is 36.1 Å². The van der Waals surface area contributed by atoms with E-state index < -0.39 is 22.2 Å². The zero-order chi connectivity index (χ0) is 36.8. The zero-order valence-electron chi connectivity index (χ0n) is 27.2. The predicted molar refractivity (Wildman–Crippen MR) is 185 cm³/mol. The van der Waals surface area contributed by atoms with Gasteiger partial charge in [-0.3, -0.25) is 4.79 Å². The number of alkyl halides is 3. The average Bonchev–Trinajstić information content (AvgIpc) is 3.10. The lowest BCUT2D eigenvalue weighted by Crippen LogP contribution is -2.39. The normalized spacial score (nSPS) is 14.9. The molecule has 4 aromatic rings. The number of amides is 1. The summed E-state index contributed by atoms with van der Waals surface area (Å²) in [6.07, 6.45) is -0.527. The number of carbonyl (C=O) groups excluding carboxylic acids is 1. The summed E-state index contributed by atoms with van der Waals surface area (Å²) in [5, 5.41) is 17.2. The minimum Gasteiger partial charge on any atom is -0.497 e. The van der Waals surface area contributed by atoms with Crippen LogP contribution in [-0.4, -0.2) is 66.0 Å². The second kappa shape index (κ2) is 16.0. The van der Waals surface area contributed by atoms with Gasteiger partial charge >= 0.3 is 12.1 Å². The van der Waals surface area contributed by atoms with Gasteiger partial charge in [0, 0.05) is 42.6 Å². The lowest BCUT2D eigenvalue weighted by Gasteiger charge is -2.31. The number of methoxy groups -OCH3 is 1. The van der Waals surface area contributed by atoms with E-state index in [-0.39, 0.29) is 16.7 Å². The number of carbonyl (C=O) groups is 2. The third-order valence-corrected chi connectivity index (χ3v) is 10.4. The molecular formula is C34H34ClF3N6O6S. The molecule has 1 saturated heterocycles. The number of aromatic nitrogens is 2. The highest BCUT2D eigenvalue weighted by atomic mass is 35.5. The van der Waals surface area contributed by atoms with Crippen molar-refractivity contribution in [3.05, 3.63) is 89.1 Å². The maximum absolute atomic E-state index is 13.2. The van der Waals surface area contributed by atoms with Crippen LogP contribution in [-0.2, 0) is 32.5 Å². The molecule has 2 aliphatic heterocycles. The molecule has 0 aliphatic carbocycles. The number of hydrogen-bond donors (Lipinski definition) is 4. The van der Waals surface area contributed by atoms with Crippen LogP contribution in [0.5, 0.6) is 5.75 Å². The molecule has 270 valence electrons. The first kappa shape index (κ1) is 37.3. The molecule has 6 rings (SSSR count). The van der Waals surface area contributed by atoms with E-state index in [4.69, 9.17) is 26.2 Å². The number of nitrogens with one attached hydrogen (secondary N) is 3. The molecule has 12 nitrogen and oxygen atoms in total. The molecule has 0 unspecified atom stereocenters. The summed E-state index contributed by atoms with van der Waals surface area (Å²) in [5.74, 6) is -1.36. The summed E-state index contributed by atoms with van der Waals surface area (Å²) in [6.45, 7) is 0.731. The van der Waals surface area contributed by atoms with Crippen molar-refractivity contribution >= 4 is 62.3 Å². The third-order valence-electron chi connectivity index (χ3n) is 8.22. The van der Waals surface area contributed by atoms with Gasteiger partial charge in [-0.2, -0.15) is 22.5 Å². The van der Waals surface area contributed by atoms with Crippen LogP contribution in [0.4, 0.5) is 42.0 Å². The minimum atomic E-state index is -5.08. The summed E-state index contributed by atoms with van der Waals surface area (Å²) in [7, 11) is -2.12. The quantitative estimate of drug-likeness (QED) is 0.165. The largest absolute Gasteiger partial charge is 0.497 e. The Morgan fingerprint density at radius 3 is 2.43 bits per heavy atom. The summed E-state index contributed by atoms with van der Waals surface area (Å²) in [4.78, 5) is 31.2. The first-order valence-electron chi connectivity index (χ1n) is 15.7. The average molecular weight is 747 g/mol. The van der Waals surface area contributed by atoms with Crippen LogP contribution in [0, 0.1) is 5.92 Å². The minimum absolute atomic E-state index is 0.0853. The molecule has 1 fully saturated rings. The molecule has 0 atom stereocenters. The molecule has 2 aliphatic rings. The molecule has 0 radical (unpaired) electrons. The van der Waals surface area contributed by atoms with E-state index in [1.165, 1.54) is 17.5 Å². The number of ether oxygens (including phenoxy) is 1. The Kier molecular flexibility index (Phi) is 11.7. The number of piperidine rings is 1. The molecular weight excluding hydrogens is 713 g/mol. The SMILES string of the molecule is COc1cccc(S(=O)(=O)N2CCC(CC(=O)Nc3ccc4cc3CCc3cccc(c3)Nc3ncc(Cl)c(n3)N4)CC2)c1.O=C(O)C(F)(F)F. The van der Waals surface area contributed by atoms with Gasteiger partial charge < -0.3 is 25.8 Å². The molecule has 0 saturated carbocycles. The highest BCUT2D eigenvalue weighted by Gasteiger charge is 2.38. The number of nitrogens with zero attached hydrogens (tertiary/aromatic N) is 3. The topological polar surface area (TPSA) is 163 Å². The standard InChI is InChI=1S/C32H33ClN6O4S.C2HF3O2/c1-43-26-6-3-7-27(19-26)44(41,42)39-14-12-22(13-15-39)17-30(40)37-29-11-10-25-18-23(29)9-8-21-4-2-5-24(16-21)36-32-34-20-28(33)31(35-25)38-32;3-2(4,5)1(6)7/h2-7,10-11,16,18-20,22H,8-9,12-15,17H2,1H3,(H,37,40)(H2,34,35,36,38);(H,6,7). The fourth-order valence-electron chi connectivity index (χ4n) is 5.59. The molecule has 6 bridgehead atoms. The third kappa shape index (κ3) is 9.86. The number of aryl methyl sites for hydroxylation is 2. The van der Waals surface area contributed by atoms with Crippen molar-refractivity contribution < 1.29 is 41.0 Å². The van der Waals surface area contributed by atoms with Gasteiger partial charge in [-0.05, 0) is 85.2 Å². The van der Waals surface area contributed by atoms with Crippen LogP contribution in [0.15, 0.2) is 77.8 Å². The molecule has 51 heavy (non-hydrogen) atoms. The number of rotatable bonds is 6. The highest BCUT2D eigenvalue weighted by Crippen LogP contribution is 2.31. The number of anilines is 5. The molecule has 4 N–H and O–H groups in total. The Morgan fingerprint density at radius 2 is 1.73 bits per heavy atom. The van der Waals surface area contributed by atoms with E-state index in [0.29, 0.717) is 61.3 Å². The van der Waals surface area contributed by atoms with Crippen molar-refractivity contribution in [1.82, 2.24) is 14.3 Å². The predicted octanol–water partition coefficient (Wildman–Crippen LogP) is 6.79. The van der Waals surface area contributed by atoms with E-state index in [1.807, 2.05) is 30.3 Å². The summed E-state index contributed by atoms with van der Waals surface area (Å²) in [6, 6.07) is 20.4. The van der Waals surface area contributed by atoms with Crippen molar-refractivity contribution in [3.8, 4) is 5.75 Å². The summed E-state index contributed by atoms with van der Waals surface area (Å²) < 4.78 is 64.8. The number of carboxylic acid groups (broad SMARTS) is 1. The zero-order valence-corrected chi connectivity index (χ0v) is 28.8. The molecule has 3 aromatic carbocycles. The van der Waals surface area contributed by atoms with Crippen LogP contribution >= 0.6 is 11.6 Å². The van der Waals surface area contributed by atoms with E-state index in [0.717, 1.165) is 34.6 Å². The van der Waals surface area contributed by atoms with E-state index in [9.17, 15) is 26.4 Å². The monoisotopic (exact) mass is 746 g/mol. The lowest BCUT2D eigenvalue weighted by atomic mass is 9.94. The Hall–Kier alpha value is -4.93. The number of carboxylic acids is 1. The van der Waals surface area contributed by atoms with Gasteiger partial charge in [0.25, 0.3) is 0 Å². The number of aliphatic carboxylic acids is 1. The van der Waals surface area contributed by atoms with Crippen LogP contribution in [0.2, 0.25) is 5.02 Å². The van der Waals surface area contributed by atoms with Crippen LogP contribution in [0.1, 0.15) is 30.4 Å². The first-order chi connectivity index (χ1) is 24.2. The molecule has 1 aromatic heterocycles. The summed E-state index contributed by atoms with van der Waals surface area (Å²) >= 11 is 6.39. The number of benzene rings is 3. The van der Waals surface area contributed by atoms with Gasteiger partial charge in [-0.1, -0.05) is 29.8 Å². The van der Waals surface area contributed by atoms with Gasteiger partial charge in [0.15, 0.2) is 5.82 Å². The van der Waals surface area contributed by atoms with Gasteiger partial charge in [-0.25, -0.2) is 18.2 Å². The van der Waals surface area contributed by atoms with Crippen molar-refractivity contribution in [2.24, 2.45) is 5.92 Å². The Balaban J connectivity index is 0.000000654.